The molecule has 0 spiro atoms. The molecule has 4 atom stereocenters. The van der Waals surface area contributed by atoms with Gasteiger partial charge < -0.3 is 9.84 Å². The Labute approximate surface area is 278 Å². The van der Waals surface area contributed by atoms with Crippen molar-refractivity contribution in [2.24, 2.45) is 11.0 Å². The fourth-order valence-electron chi connectivity index (χ4n) is 5.71. The Bertz CT molecular complexity index is 1790. The van der Waals surface area contributed by atoms with Crippen molar-refractivity contribution in [1.29, 1.82) is 0 Å². The molecule has 0 aromatic heterocycles. The third kappa shape index (κ3) is 7.53. The molecule has 3 aromatic carbocycles. The lowest BCUT2D eigenvalue weighted by atomic mass is 9.77. The molecular weight excluding hydrogens is 649 g/mol. The maximum Gasteiger partial charge on any atom is 0.327 e. The topological polar surface area (TPSA) is 125 Å². The Kier molecular flexibility index (Phi) is 10.3. The van der Waals surface area contributed by atoms with Crippen LogP contribution < -0.4 is 4.72 Å². The second-order valence-corrected chi connectivity index (χ2v) is 14.2. The summed E-state index contributed by atoms with van der Waals surface area (Å²) in [4.78, 5) is 26.7. The molecule has 0 radical (unpaired) electrons. The molecular formula is C34H35Cl2N3O6S. The Morgan fingerprint density at radius 1 is 1.04 bits per heavy atom. The van der Waals surface area contributed by atoms with Gasteiger partial charge in [-0.15, -0.1) is 0 Å². The highest BCUT2D eigenvalue weighted by atomic mass is 35.5. The van der Waals surface area contributed by atoms with Crippen LogP contribution in [0.15, 0.2) is 82.3 Å². The van der Waals surface area contributed by atoms with Crippen LogP contribution in [0.1, 0.15) is 54.5 Å². The second kappa shape index (κ2) is 14.1. The zero-order valence-corrected chi connectivity index (χ0v) is 27.9. The van der Waals surface area contributed by atoms with E-state index in [9.17, 15) is 23.1 Å². The van der Waals surface area contributed by atoms with Gasteiger partial charge in [0.15, 0.2) is 6.61 Å². The van der Waals surface area contributed by atoms with Gasteiger partial charge in [0.2, 0.25) is 10.0 Å². The molecule has 0 bridgehead atoms. The van der Waals surface area contributed by atoms with Gasteiger partial charge in [0.25, 0.3) is 5.91 Å². The van der Waals surface area contributed by atoms with E-state index < -0.39 is 46.7 Å². The molecule has 2 aliphatic rings. The van der Waals surface area contributed by atoms with E-state index in [1.165, 1.54) is 24.1 Å². The first-order valence-corrected chi connectivity index (χ1v) is 17.1. The highest BCUT2D eigenvalue weighted by Gasteiger charge is 2.44. The van der Waals surface area contributed by atoms with Gasteiger partial charge in [0, 0.05) is 16.0 Å². The third-order valence-corrected chi connectivity index (χ3v) is 10.3. The van der Waals surface area contributed by atoms with E-state index in [4.69, 9.17) is 33.0 Å². The Morgan fingerprint density at radius 2 is 1.70 bits per heavy atom. The highest BCUT2D eigenvalue weighted by Crippen LogP contribution is 2.44. The van der Waals surface area contributed by atoms with Crippen LogP contribution in [-0.2, 0) is 24.3 Å². The van der Waals surface area contributed by atoms with Crippen molar-refractivity contribution >= 4 is 56.9 Å². The molecule has 3 aromatic rings. The van der Waals surface area contributed by atoms with Crippen molar-refractivity contribution in [2.45, 2.75) is 63.1 Å². The van der Waals surface area contributed by atoms with Crippen LogP contribution in [-0.4, -0.2) is 54.9 Å². The van der Waals surface area contributed by atoms with Gasteiger partial charge in [0.05, 0.1) is 22.8 Å². The van der Waals surface area contributed by atoms with E-state index in [1.807, 2.05) is 49.4 Å². The number of amides is 1. The lowest BCUT2D eigenvalue weighted by Gasteiger charge is -2.29. The first kappa shape index (κ1) is 33.8. The molecule has 1 fully saturated rings. The van der Waals surface area contributed by atoms with Gasteiger partial charge in [-0.3, -0.25) is 9.59 Å². The smallest absolute Gasteiger partial charge is 0.327 e. The number of hydrogen-bond donors (Lipinski definition) is 2. The van der Waals surface area contributed by atoms with Gasteiger partial charge in [-0.2, -0.15) is 9.82 Å². The lowest BCUT2D eigenvalue weighted by molar-refractivity contribution is -0.156. The number of ether oxygens (including phenoxy) is 1. The van der Waals surface area contributed by atoms with Crippen LogP contribution in [0, 0.1) is 19.8 Å². The van der Waals surface area contributed by atoms with Crippen molar-refractivity contribution in [3.8, 4) is 0 Å². The quantitative estimate of drug-likeness (QED) is 0.266. The first-order chi connectivity index (χ1) is 21.8. The number of esters is 1. The SMILES string of the molecule is Cc1ccc(S(=O)(=O)N[C@H](C(=O)OCC(=O)N2N=C3/C(=C\c4ccc(Cl)cc4)CCC[C@@H]3[C@@H]2c2ccc(Cl)cc2)[C@H](C)O)cc1C. The predicted octanol–water partition coefficient (Wildman–Crippen LogP) is 6.00. The molecule has 1 heterocycles. The number of rotatable bonds is 9. The zero-order chi connectivity index (χ0) is 33.2. The molecule has 242 valence electrons. The number of halogens is 2. The minimum atomic E-state index is -4.19. The Hall–Kier alpha value is -3.54. The fraction of sp³-hybridized carbons (Fsp3) is 0.324. The van der Waals surface area contributed by atoms with Gasteiger partial charge >= 0.3 is 5.97 Å². The summed E-state index contributed by atoms with van der Waals surface area (Å²) in [6, 6.07) is 17.1. The zero-order valence-electron chi connectivity index (χ0n) is 25.6. The monoisotopic (exact) mass is 683 g/mol. The van der Waals surface area contributed by atoms with E-state index in [2.05, 4.69) is 4.72 Å². The van der Waals surface area contributed by atoms with Crippen molar-refractivity contribution in [2.75, 3.05) is 6.61 Å². The van der Waals surface area contributed by atoms with Gasteiger partial charge in [-0.05, 0) is 110 Å². The number of fused-ring (bicyclic) bond motifs is 1. The molecule has 1 amide bonds. The largest absolute Gasteiger partial charge is 0.454 e. The van der Waals surface area contributed by atoms with E-state index in [0.717, 1.165) is 52.8 Å². The van der Waals surface area contributed by atoms with Gasteiger partial charge in [0.1, 0.15) is 6.04 Å². The minimum absolute atomic E-state index is 0.0612. The highest BCUT2D eigenvalue weighted by molar-refractivity contribution is 7.89. The van der Waals surface area contributed by atoms with Crippen LogP contribution in [0.2, 0.25) is 10.0 Å². The number of aliphatic hydroxyl groups excluding tert-OH is 1. The number of aliphatic hydroxyl groups is 1. The Balaban J connectivity index is 1.37. The molecule has 2 N–H and O–H groups in total. The van der Waals surface area contributed by atoms with Crippen LogP contribution in [0.5, 0.6) is 0 Å². The maximum atomic E-state index is 13.7. The van der Waals surface area contributed by atoms with Crippen molar-refractivity contribution < 1.29 is 27.9 Å². The van der Waals surface area contributed by atoms with Gasteiger partial charge in [-0.25, -0.2) is 13.4 Å². The number of sulfonamides is 1. The minimum Gasteiger partial charge on any atom is -0.454 e. The van der Waals surface area contributed by atoms with Crippen LogP contribution in [0.25, 0.3) is 6.08 Å². The Morgan fingerprint density at radius 3 is 2.33 bits per heavy atom. The van der Waals surface area contributed by atoms with Gasteiger partial charge in [-0.1, -0.05) is 53.5 Å². The van der Waals surface area contributed by atoms with Crippen molar-refractivity contribution in [1.82, 2.24) is 9.73 Å². The summed E-state index contributed by atoms with van der Waals surface area (Å²) in [5.74, 6) is -1.79. The summed E-state index contributed by atoms with van der Waals surface area (Å²) < 4.78 is 33.7. The summed E-state index contributed by atoms with van der Waals surface area (Å²) in [5.41, 5.74) is 5.21. The summed E-state index contributed by atoms with van der Waals surface area (Å²) in [6.45, 7) is 4.17. The van der Waals surface area contributed by atoms with E-state index in [1.54, 1.807) is 25.1 Å². The number of nitrogens with one attached hydrogen (secondary N) is 1. The average molecular weight is 685 g/mol. The molecule has 1 aliphatic heterocycles. The molecule has 46 heavy (non-hydrogen) atoms. The summed E-state index contributed by atoms with van der Waals surface area (Å²) in [5, 5.41) is 17.6. The number of hydrogen-bond acceptors (Lipinski definition) is 7. The summed E-state index contributed by atoms with van der Waals surface area (Å²) in [6.07, 6.45) is 3.06. The predicted molar refractivity (Wildman–Crippen MR) is 178 cm³/mol. The number of benzene rings is 3. The first-order valence-electron chi connectivity index (χ1n) is 14.9. The van der Waals surface area contributed by atoms with E-state index in [0.29, 0.717) is 10.0 Å². The summed E-state index contributed by atoms with van der Waals surface area (Å²) >= 11 is 12.2. The normalized spacial score (nSPS) is 20.2. The number of allylic oxidation sites excluding steroid dienone is 1. The average Bonchev–Trinajstić information content (AvgIpc) is 3.42. The molecule has 9 nitrogen and oxygen atoms in total. The standard InChI is InChI=1S/C34H35Cl2N3O6S/c1-20-7-16-28(17-21(20)2)46(43,44)38-31(22(3)40)34(42)45-19-30(41)39-33(24-10-14-27(36)15-11-24)29-6-4-5-25(32(29)37-39)18-23-8-12-26(35)13-9-23/h7-18,22,29,31,33,38,40H,4-6,19H2,1-3H3/b25-18-/t22-,29-,31-,33-/m0/s1. The maximum absolute atomic E-state index is 13.7. The number of carbonyl (C=O) groups excluding carboxylic acids is 2. The molecule has 1 saturated carbocycles. The second-order valence-electron chi connectivity index (χ2n) is 11.6. The molecule has 1 aliphatic carbocycles. The van der Waals surface area contributed by atoms with E-state index in [-0.39, 0.29) is 10.8 Å². The number of carbonyl (C=O) groups is 2. The van der Waals surface area contributed by atoms with Crippen molar-refractivity contribution in [3.05, 3.63) is 105 Å². The summed E-state index contributed by atoms with van der Waals surface area (Å²) in [7, 11) is -4.19. The molecule has 12 heteroatoms. The molecule has 5 rings (SSSR count). The molecule has 0 unspecified atom stereocenters. The van der Waals surface area contributed by atoms with Crippen LogP contribution >= 0.6 is 23.2 Å². The number of aryl methyl sites for hydroxylation is 2. The van der Waals surface area contributed by atoms with E-state index >= 15 is 0 Å². The third-order valence-electron chi connectivity index (χ3n) is 8.32. The lowest BCUT2D eigenvalue weighted by Crippen LogP contribution is -2.49. The fourth-order valence-corrected chi connectivity index (χ4v) is 7.30. The molecule has 0 saturated heterocycles. The van der Waals surface area contributed by atoms with Crippen LogP contribution in [0.4, 0.5) is 0 Å². The number of hydrazone groups is 1. The van der Waals surface area contributed by atoms with Crippen LogP contribution in [0.3, 0.4) is 0 Å². The van der Waals surface area contributed by atoms with Crippen molar-refractivity contribution in [3.63, 3.8) is 0 Å². The number of nitrogens with zero attached hydrogens (tertiary/aromatic N) is 2.